The molecule has 0 saturated carbocycles. The highest BCUT2D eigenvalue weighted by atomic mass is 32.2. The lowest BCUT2D eigenvalue weighted by Gasteiger charge is -2.27. The van der Waals surface area contributed by atoms with Crippen LogP contribution in [0.25, 0.3) is 11.3 Å². The lowest BCUT2D eigenvalue weighted by Crippen LogP contribution is -2.53. The van der Waals surface area contributed by atoms with Gasteiger partial charge in [-0.25, -0.2) is 17.9 Å². The number of benzene rings is 3. The second-order valence-electron chi connectivity index (χ2n) is 8.61. The molecule has 10 heteroatoms. The fraction of sp³-hybridized carbons (Fsp3) is 0.172. The van der Waals surface area contributed by atoms with E-state index in [0.29, 0.717) is 29.3 Å². The maximum atomic E-state index is 13.7. The molecule has 0 saturated heterocycles. The molecule has 0 aliphatic heterocycles. The fourth-order valence-corrected chi connectivity index (χ4v) is 5.05. The van der Waals surface area contributed by atoms with Gasteiger partial charge in [0.05, 0.1) is 18.3 Å². The zero-order valence-corrected chi connectivity index (χ0v) is 22.4. The number of urea groups is 1. The minimum atomic E-state index is -4.25. The third-order valence-corrected chi connectivity index (χ3v) is 7.36. The molecule has 202 valence electrons. The van der Waals surface area contributed by atoms with Gasteiger partial charge in [-0.05, 0) is 61.0 Å². The Balaban J connectivity index is 1.55. The molecule has 0 aliphatic rings. The van der Waals surface area contributed by atoms with E-state index in [1.54, 1.807) is 55.6 Å². The van der Waals surface area contributed by atoms with E-state index in [0.717, 1.165) is 5.56 Å². The Labute approximate surface area is 227 Å². The second-order valence-corrected chi connectivity index (χ2v) is 10.3. The Morgan fingerprint density at radius 2 is 1.69 bits per heavy atom. The molecule has 9 nitrogen and oxygen atoms in total. The molecule has 39 heavy (non-hydrogen) atoms. The number of carbonyl (C=O) groups is 2. The van der Waals surface area contributed by atoms with E-state index >= 15 is 0 Å². The molecule has 1 unspecified atom stereocenters. The third kappa shape index (κ3) is 6.85. The number of anilines is 1. The van der Waals surface area contributed by atoms with Crippen LogP contribution in [0.15, 0.2) is 107 Å². The summed E-state index contributed by atoms with van der Waals surface area (Å²) in [5.41, 5.74) is 1.96. The summed E-state index contributed by atoms with van der Waals surface area (Å²) in [5.74, 6) is 0.740. The van der Waals surface area contributed by atoms with Crippen LogP contribution >= 0.6 is 0 Å². The Kier molecular flexibility index (Phi) is 8.67. The van der Waals surface area contributed by atoms with Crippen molar-refractivity contribution in [1.82, 2.24) is 10.0 Å². The minimum absolute atomic E-state index is 0.120. The van der Waals surface area contributed by atoms with Crippen molar-refractivity contribution in [3.8, 4) is 17.1 Å². The van der Waals surface area contributed by atoms with Crippen LogP contribution in [0.5, 0.6) is 5.75 Å². The molecule has 0 bridgehead atoms. The van der Waals surface area contributed by atoms with Crippen LogP contribution in [0.1, 0.15) is 12.5 Å². The van der Waals surface area contributed by atoms with E-state index < -0.39 is 22.1 Å². The number of nitrogens with one attached hydrogen (secondary N) is 2. The SMILES string of the molecule is CCN(C(=O)C(Cc1ccccc1)NC(=O)NS(=O)(=O)c1cccc(-c2ccco2)c1)c1ccc(OC)cc1. The third-order valence-electron chi connectivity index (χ3n) is 6.03. The molecular formula is C29H29N3O6S. The normalized spacial score (nSPS) is 11.8. The van der Waals surface area contributed by atoms with Crippen molar-refractivity contribution in [2.45, 2.75) is 24.3 Å². The lowest BCUT2D eigenvalue weighted by molar-refractivity contribution is -0.120. The van der Waals surface area contributed by atoms with Gasteiger partial charge in [-0.2, -0.15) is 0 Å². The quantitative estimate of drug-likeness (QED) is 0.299. The summed E-state index contributed by atoms with van der Waals surface area (Å²) in [4.78, 5) is 28.1. The molecule has 3 amide bonds. The van der Waals surface area contributed by atoms with Crippen LogP contribution in [-0.4, -0.2) is 40.1 Å². The van der Waals surface area contributed by atoms with Gasteiger partial charge in [0.1, 0.15) is 17.6 Å². The Morgan fingerprint density at radius 3 is 2.33 bits per heavy atom. The standard InChI is InChI=1S/C29H29N3O6S/c1-3-32(23-14-16-24(37-2)17-15-23)28(33)26(19-21-9-5-4-6-10-21)30-29(34)31-39(35,36)25-12-7-11-22(20-25)27-13-8-18-38-27/h4-18,20,26H,3,19H2,1-2H3,(H2,30,31,34). The summed E-state index contributed by atoms with van der Waals surface area (Å²) >= 11 is 0. The van der Waals surface area contributed by atoms with Gasteiger partial charge in [-0.3, -0.25) is 4.79 Å². The van der Waals surface area contributed by atoms with E-state index in [9.17, 15) is 18.0 Å². The van der Waals surface area contributed by atoms with Crippen LogP contribution in [0.4, 0.5) is 10.5 Å². The number of nitrogens with zero attached hydrogens (tertiary/aromatic N) is 1. The van der Waals surface area contributed by atoms with Crippen molar-refractivity contribution in [2.24, 2.45) is 0 Å². The first-order valence-corrected chi connectivity index (χ1v) is 13.8. The maximum Gasteiger partial charge on any atom is 0.329 e. The highest BCUT2D eigenvalue weighted by Gasteiger charge is 2.28. The van der Waals surface area contributed by atoms with Crippen molar-refractivity contribution in [3.05, 3.63) is 103 Å². The molecule has 3 aromatic carbocycles. The molecule has 1 atom stereocenters. The zero-order valence-electron chi connectivity index (χ0n) is 21.5. The maximum absolute atomic E-state index is 13.7. The van der Waals surface area contributed by atoms with Crippen LogP contribution in [0.3, 0.4) is 0 Å². The number of ether oxygens (including phenoxy) is 1. The molecule has 2 N–H and O–H groups in total. The molecule has 4 rings (SSSR count). The van der Waals surface area contributed by atoms with Crippen molar-refractivity contribution in [3.63, 3.8) is 0 Å². The fourth-order valence-electron chi connectivity index (χ4n) is 4.09. The van der Waals surface area contributed by atoms with E-state index in [2.05, 4.69) is 5.32 Å². The molecule has 1 heterocycles. The Morgan fingerprint density at radius 1 is 0.949 bits per heavy atom. The molecule has 0 fully saturated rings. The van der Waals surface area contributed by atoms with Crippen LogP contribution < -0.4 is 19.7 Å². The van der Waals surface area contributed by atoms with Gasteiger partial charge in [0.15, 0.2) is 0 Å². The summed E-state index contributed by atoms with van der Waals surface area (Å²) in [7, 11) is -2.69. The average molecular weight is 548 g/mol. The summed E-state index contributed by atoms with van der Waals surface area (Å²) < 4.78 is 38.6. The summed E-state index contributed by atoms with van der Waals surface area (Å²) in [5, 5.41) is 2.58. The second kappa shape index (κ2) is 12.3. The first kappa shape index (κ1) is 27.5. The number of amides is 3. The lowest BCUT2D eigenvalue weighted by atomic mass is 10.0. The van der Waals surface area contributed by atoms with Gasteiger partial charge in [0.25, 0.3) is 10.0 Å². The smallest absolute Gasteiger partial charge is 0.329 e. The van der Waals surface area contributed by atoms with E-state index in [1.807, 2.05) is 42.0 Å². The number of furan rings is 1. The van der Waals surface area contributed by atoms with Gasteiger partial charge in [0.2, 0.25) is 5.91 Å². The predicted molar refractivity (Wildman–Crippen MR) is 148 cm³/mol. The molecule has 1 aromatic heterocycles. The number of methoxy groups -OCH3 is 1. The Bertz CT molecular complexity index is 1500. The monoisotopic (exact) mass is 547 g/mol. The number of likely N-dealkylation sites (N-methyl/N-ethyl adjacent to an activating group) is 1. The van der Waals surface area contributed by atoms with Crippen molar-refractivity contribution in [2.75, 3.05) is 18.6 Å². The van der Waals surface area contributed by atoms with Gasteiger partial charge in [-0.15, -0.1) is 0 Å². The number of hydrogen-bond donors (Lipinski definition) is 2. The molecular weight excluding hydrogens is 518 g/mol. The van der Waals surface area contributed by atoms with Crippen LogP contribution in [0, 0.1) is 0 Å². The summed E-state index contributed by atoms with van der Waals surface area (Å²) in [6.45, 7) is 2.15. The molecule has 0 radical (unpaired) electrons. The first-order chi connectivity index (χ1) is 18.8. The van der Waals surface area contributed by atoms with Gasteiger partial charge >= 0.3 is 6.03 Å². The largest absolute Gasteiger partial charge is 0.497 e. The van der Waals surface area contributed by atoms with Gasteiger partial charge in [0, 0.05) is 24.2 Å². The number of sulfonamides is 1. The minimum Gasteiger partial charge on any atom is -0.497 e. The molecule has 4 aromatic rings. The highest BCUT2D eigenvalue weighted by Crippen LogP contribution is 2.23. The molecule has 0 aliphatic carbocycles. The Hall–Kier alpha value is -4.57. The number of rotatable bonds is 10. The summed E-state index contributed by atoms with van der Waals surface area (Å²) in [6, 6.07) is 23.5. The van der Waals surface area contributed by atoms with E-state index in [4.69, 9.17) is 9.15 Å². The van der Waals surface area contributed by atoms with Crippen molar-refractivity contribution in [1.29, 1.82) is 0 Å². The van der Waals surface area contributed by atoms with E-state index in [-0.39, 0.29) is 17.2 Å². The van der Waals surface area contributed by atoms with Gasteiger partial charge in [-0.1, -0.05) is 42.5 Å². The van der Waals surface area contributed by atoms with Crippen LogP contribution in [0.2, 0.25) is 0 Å². The van der Waals surface area contributed by atoms with Gasteiger partial charge < -0.3 is 19.4 Å². The van der Waals surface area contributed by atoms with Crippen molar-refractivity contribution >= 4 is 27.6 Å². The summed E-state index contributed by atoms with van der Waals surface area (Å²) in [6.07, 6.45) is 1.64. The molecule has 0 spiro atoms. The highest BCUT2D eigenvalue weighted by molar-refractivity contribution is 7.90. The number of carbonyl (C=O) groups excluding carboxylic acids is 2. The average Bonchev–Trinajstić information content (AvgIpc) is 3.49. The number of hydrogen-bond acceptors (Lipinski definition) is 6. The topological polar surface area (TPSA) is 118 Å². The van der Waals surface area contributed by atoms with Crippen molar-refractivity contribution < 1.29 is 27.2 Å². The van der Waals surface area contributed by atoms with E-state index in [1.165, 1.54) is 23.3 Å². The van der Waals surface area contributed by atoms with Crippen LogP contribution in [-0.2, 0) is 21.2 Å². The first-order valence-electron chi connectivity index (χ1n) is 12.3. The zero-order chi connectivity index (χ0) is 27.8. The predicted octanol–water partition coefficient (Wildman–Crippen LogP) is 4.61.